The van der Waals surface area contributed by atoms with Crippen LogP contribution < -0.4 is 16.4 Å². The quantitative estimate of drug-likeness (QED) is 0.791. The highest BCUT2D eigenvalue weighted by molar-refractivity contribution is 7.27. The van der Waals surface area contributed by atoms with Crippen molar-refractivity contribution in [2.24, 2.45) is 5.73 Å². The van der Waals surface area contributed by atoms with E-state index >= 15 is 0 Å². The molecule has 106 valence electrons. The highest BCUT2D eigenvalue weighted by atomic mass is 31.0. The van der Waals surface area contributed by atoms with Gasteiger partial charge in [-0.05, 0) is 41.1 Å². The fraction of sp³-hybridized carbons (Fsp3) is 0.267. The Bertz CT molecular complexity index is 528. The molecule has 1 heterocycles. The van der Waals surface area contributed by atoms with Crippen LogP contribution >= 0.6 is 9.24 Å². The second-order valence-corrected chi connectivity index (χ2v) is 5.44. The van der Waals surface area contributed by atoms with Crippen molar-refractivity contribution in [2.75, 3.05) is 6.54 Å². The van der Waals surface area contributed by atoms with Crippen LogP contribution in [0, 0.1) is 5.82 Å². The van der Waals surface area contributed by atoms with Crippen molar-refractivity contribution in [1.29, 1.82) is 0 Å². The highest BCUT2D eigenvalue weighted by Crippen LogP contribution is 2.06. The molecule has 2 unspecified atom stereocenters. The minimum atomic E-state index is -0.217. The molecular formula is C15H19FN3P. The standard InChI is InChI=1S/C15H19FN3P/c16-13-4-12(6-15(20)7-13)10-19-14(8-17)5-11-2-1-3-18-9-11/h1-4,6-7,9,14,19H,5,8,10,17,20H2. The molecule has 0 aliphatic carbocycles. The summed E-state index contributed by atoms with van der Waals surface area (Å²) in [4.78, 5) is 4.09. The van der Waals surface area contributed by atoms with E-state index < -0.39 is 0 Å². The summed E-state index contributed by atoms with van der Waals surface area (Å²) in [5.74, 6) is -0.217. The molecule has 0 bridgehead atoms. The van der Waals surface area contributed by atoms with E-state index in [9.17, 15) is 4.39 Å². The van der Waals surface area contributed by atoms with Crippen LogP contribution in [0.5, 0.6) is 0 Å². The van der Waals surface area contributed by atoms with Crippen molar-refractivity contribution in [3.63, 3.8) is 0 Å². The van der Waals surface area contributed by atoms with E-state index in [0.29, 0.717) is 13.1 Å². The molecule has 0 saturated heterocycles. The highest BCUT2D eigenvalue weighted by Gasteiger charge is 2.08. The van der Waals surface area contributed by atoms with Gasteiger partial charge in [-0.15, -0.1) is 9.24 Å². The molecule has 2 atom stereocenters. The SMILES string of the molecule is NCC(Cc1cccnc1)NCc1cc(F)cc(P)c1. The molecule has 5 heteroatoms. The first-order chi connectivity index (χ1) is 9.67. The lowest BCUT2D eigenvalue weighted by molar-refractivity contribution is 0.513. The van der Waals surface area contributed by atoms with E-state index in [1.165, 1.54) is 12.1 Å². The number of nitrogens with one attached hydrogen (secondary N) is 1. The number of nitrogens with two attached hydrogens (primary N) is 1. The van der Waals surface area contributed by atoms with Crippen molar-refractivity contribution in [1.82, 2.24) is 10.3 Å². The zero-order valence-electron chi connectivity index (χ0n) is 11.2. The summed E-state index contributed by atoms with van der Waals surface area (Å²) in [5.41, 5.74) is 7.84. The molecule has 2 aromatic rings. The van der Waals surface area contributed by atoms with Crippen LogP contribution in [0.25, 0.3) is 0 Å². The van der Waals surface area contributed by atoms with Crippen LogP contribution in [0.15, 0.2) is 42.7 Å². The Kier molecular flexibility index (Phi) is 5.60. The molecule has 3 N–H and O–H groups in total. The maximum Gasteiger partial charge on any atom is 0.124 e. The van der Waals surface area contributed by atoms with Gasteiger partial charge in [-0.2, -0.15) is 0 Å². The minimum Gasteiger partial charge on any atom is -0.329 e. The average Bonchev–Trinajstić information content (AvgIpc) is 2.43. The molecule has 1 aromatic heterocycles. The molecule has 0 fully saturated rings. The molecule has 0 radical (unpaired) electrons. The lowest BCUT2D eigenvalue weighted by Crippen LogP contribution is -2.37. The Morgan fingerprint density at radius 2 is 2.15 bits per heavy atom. The van der Waals surface area contributed by atoms with E-state index in [2.05, 4.69) is 19.5 Å². The van der Waals surface area contributed by atoms with Gasteiger partial charge in [0.05, 0.1) is 0 Å². The molecule has 2 rings (SSSR count). The van der Waals surface area contributed by atoms with Crippen LogP contribution in [0.3, 0.4) is 0 Å². The number of pyridine rings is 1. The van der Waals surface area contributed by atoms with Gasteiger partial charge < -0.3 is 11.1 Å². The second kappa shape index (κ2) is 7.44. The van der Waals surface area contributed by atoms with E-state index in [-0.39, 0.29) is 11.9 Å². The number of hydrogen-bond acceptors (Lipinski definition) is 3. The maximum absolute atomic E-state index is 13.3. The zero-order valence-corrected chi connectivity index (χ0v) is 12.4. The van der Waals surface area contributed by atoms with Gasteiger partial charge in [0.2, 0.25) is 0 Å². The van der Waals surface area contributed by atoms with Gasteiger partial charge in [-0.25, -0.2) is 4.39 Å². The van der Waals surface area contributed by atoms with Gasteiger partial charge in [0.15, 0.2) is 0 Å². The second-order valence-electron chi connectivity index (χ2n) is 4.77. The normalized spacial score (nSPS) is 12.3. The third-order valence-electron chi connectivity index (χ3n) is 3.06. The molecule has 20 heavy (non-hydrogen) atoms. The van der Waals surface area contributed by atoms with E-state index in [1.54, 1.807) is 6.20 Å². The predicted octanol–water partition coefficient (Wildman–Crippen LogP) is 1.38. The topological polar surface area (TPSA) is 50.9 Å². The van der Waals surface area contributed by atoms with Crippen LogP contribution in [0.1, 0.15) is 11.1 Å². The number of aromatic nitrogens is 1. The third-order valence-corrected chi connectivity index (χ3v) is 3.40. The summed E-state index contributed by atoms with van der Waals surface area (Å²) in [5, 5.41) is 4.21. The number of rotatable bonds is 6. The Morgan fingerprint density at radius 1 is 1.30 bits per heavy atom. The van der Waals surface area contributed by atoms with Crippen molar-refractivity contribution >= 4 is 14.5 Å². The van der Waals surface area contributed by atoms with Gasteiger partial charge in [0.25, 0.3) is 0 Å². The molecule has 1 aromatic carbocycles. The van der Waals surface area contributed by atoms with E-state index in [4.69, 9.17) is 5.73 Å². The van der Waals surface area contributed by atoms with Gasteiger partial charge in [0, 0.05) is 31.5 Å². The average molecular weight is 291 g/mol. The fourth-order valence-corrected chi connectivity index (χ4v) is 2.46. The number of nitrogens with zero attached hydrogens (tertiary/aromatic N) is 1. The maximum atomic E-state index is 13.3. The molecular weight excluding hydrogens is 272 g/mol. The Hall–Kier alpha value is -1.35. The van der Waals surface area contributed by atoms with Crippen LogP contribution in [-0.4, -0.2) is 17.6 Å². The van der Waals surface area contributed by atoms with Crippen LogP contribution in [0.2, 0.25) is 0 Å². The smallest absolute Gasteiger partial charge is 0.124 e. The van der Waals surface area contributed by atoms with Gasteiger partial charge in [0.1, 0.15) is 5.82 Å². The first-order valence-corrected chi connectivity index (χ1v) is 7.12. The number of halogens is 1. The Labute approximate surface area is 121 Å². The fourth-order valence-electron chi connectivity index (χ4n) is 2.08. The lowest BCUT2D eigenvalue weighted by Gasteiger charge is -2.17. The van der Waals surface area contributed by atoms with Crippen LogP contribution in [0.4, 0.5) is 4.39 Å². The van der Waals surface area contributed by atoms with Crippen molar-refractivity contribution in [3.05, 3.63) is 59.7 Å². The van der Waals surface area contributed by atoms with Gasteiger partial charge >= 0.3 is 0 Å². The predicted molar refractivity (Wildman–Crippen MR) is 83.4 cm³/mol. The van der Waals surface area contributed by atoms with Crippen molar-refractivity contribution < 1.29 is 4.39 Å². The summed E-state index contributed by atoms with van der Waals surface area (Å²) >= 11 is 0. The first kappa shape index (κ1) is 15.0. The largest absolute Gasteiger partial charge is 0.329 e. The summed E-state index contributed by atoms with van der Waals surface area (Å²) in [6.07, 6.45) is 4.41. The number of hydrogen-bond donors (Lipinski definition) is 2. The summed E-state index contributed by atoms with van der Waals surface area (Å²) in [6, 6.07) is 9.06. The molecule has 0 amide bonds. The Morgan fingerprint density at radius 3 is 2.80 bits per heavy atom. The minimum absolute atomic E-state index is 0.149. The lowest BCUT2D eigenvalue weighted by atomic mass is 10.1. The van der Waals surface area contributed by atoms with E-state index in [1.807, 2.05) is 24.4 Å². The van der Waals surface area contributed by atoms with Gasteiger partial charge in [-0.1, -0.05) is 12.1 Å². The van der Waals surface area contributed by atoms with Crippen LogP contribution in [-0.2, 0) is 13.0 Å². The molecule has 0 aliphatic heterocycles. The monoisotopic (exact) mass is 291 g/mol. The number of benzene rings is 1. The Balaban J connectivity index is 1.93. The van der Waals surface area contributed by atoms with Crippen molar-refractivity contribution in [2.45, 2.75) is 19.0 Å². The first-order valence-electron chi connectivity index (χ1n) is 6.54. The van der Waals surface area contributed by atoms with Gasteiger partial charge in [-0.3, -0.25) is 4.98 Å². The summed E-state index contributed by atoms with van der Waals surface area (Å²) in [6.45, 7) is 1.12. The third kappa shape index (κ3) is 4.64. The van der Waals surface area contributed by atoms with Crippen molar-refractivity contribution in [3.8, 4) is 0 Å². The molecule has 0 spiro atoms. The summed E-state index contributed by atoms with van der Waals surface area (Å²) < 4.78 is 13.3. The van der Waals surface area contributed by atoms with E-state index in [0.717, 1.165) is 22.9 Å². The molecule has 0 aliphatic rings. The molecule has 0 saturated carbocycles. The zero-order chi connectivity index (χ0) is 14.4. The summed E-state index contributed by atoms with van der Waals surface area (Å²) in [7, 11) is 2.51. The molecule has 3 nitrogen and oxygen atoms in total.